The van der Waals surface area contributed by atoms with E-state index in [-0.39, 0.29) is 0 Å². The van der Waals surface area contributed by atoms with Crippen molar-refractivity contribution in [3.8, 4) is 5.75 Å². The Morgan fingerprint density at radius 1 is 1.05 bits per heavy atom. The van der Waals surface area contributed by atoms with Gasteiger partial charge in [-0.2, -0.15) is 0 Å². The van der Waals surface area contributed by atoms with E-state index in [9.17, 15) is 0 Å². The second-order valence-corrected chi connectivity index (χ2v) is 6.42. The summed E-state index contributed by atoms with van der Waals surface area (Å²) in [5.41, 5.74) is 2.39. The molecule has 0 N–H and O–H groups in total. The molecule has 2 rings (SSSR count). The Hall–Kier alpha value is -0.700. The predicted molar refractivity (Wildman–Crippen MR) is 94.1 cm³/mol. The molecule has 0 bridgehead atoms. The van der Waals surface area contributed by atoms with Crippen molar-refractivity contribution < 1.29 is 4.74 Å². The molecule has 0 spiro atoms. The molecule has 0 saturated carbocycles. The van der Waals surface area contributed by atoms with Gasteiger partial charge < -0.3 is 4.74 Å². The summed E-state index contributed by atoms with van der Waals surface area (Å²) in [5, 5.41) is 2.20. The molecule has 0 aliphatic rings. The number of rotatable bonds is 6. The fourth-order valence-corrected chi connectivity index (χ4v) is 3.15. The normalized spacial score (nSPS) is 12.2. The van der Waals surface area contributed by atoms with Gasteiger partial charge in [-0.15, -0.1) is 0 Å². The zero-order valence-corrected chi connectivity index (χ0v) is 14.9. The van der Waals surface area contributed by atoms with Gasteiger partial charge in [-0.3, -0.25) is 0 Å². The lowest BCUT2D eigenvalue weighted by atomic mass is 9.94. The first kappa shape index (κ1) is 16.7. The van der Waals surface area contributed by atoms with Gasteiger partial charge in [0.1, 0.15) is 5.75 Å². The number of halogens is 3. The third-order valence-electron chi connectivity index (χ3n) is 3.44. The third-order valence-corrected chi connectivity index (χ3v) is 5.22. The van der Waals surface area contributed by atoms with E-state index in [1.54, 1.807) is 7.11 Å². The van der Waals surface area contributed by atoms with Crippen LogP contribution in [0.25, 0.3) is 0 Å². The van der Waals surface area contributed by atoms with E-state index in [4.69, 9.17) is 27.9 Å². The lowest BCUT2D eigenvalue weighted by molar-refractivity contribution is 0.414. The standard InChI is InChI=1S/C17H17BrCl2O/c1-21-15-7-5-12(6-8-15)9-13(11-18)10-14-3-2-4-16(19)17(14)20/h2-8,13H,9-11H2,1H3. The van der Waals surface area contributed by atoms with Crippen molar-refractivity contribution in [1.82, 2.24) is 0 Å². The van der Waals surface area contributed by atoms with Crippen LogP contribution in [0.2, 0.25) is 10.0 Å². The van der Waals surface area contributed by atoms with Gasteiger partial charge in [0.15, 0.2) is 0 Å². The molecule has 0 saturated heterocycles. The Bertz CT molecular complexity index is 584. The Morgan fingerprint density at radius 2 is 1.76 bits per heavy atom. The van der Waals surface area contributed by atoms with Crippen molar-refractivity contribution >= 4 is 39.1 Å². The molecule has 0 aliphatic carbocycles. The molecule has 0 radical (unpaired) electrons. The second kappa shape index (κ2) is 8.07. The maximum Gasteiger partial charge on any atom is 0.118 e. The zero-order chi connectivity index (χ0) is 15.2. The summed E-state index contributed by atoms with van der Waals surface area (Å²) in [6.45, 7) is 0. The lowest BCUT2D eigenvalue weighted by Crippen LogP contribution is -2.10. The van der Waals surface area contributed by atoms with Crippen LogP contribution in [-0.4, -0.2) is 12.4 Å². The second-order valence-electron chi connectivity index (χ2n) is 4.99. The average Bonchev–Trinajstić information content (AvgIpc) is 2.51. The van der Waals surface area contributed by atoms with Gasteiger partial charge >= 0.3 is 0 Å². The summed E-state index contributed by atoms with van der Waals surface area (Å²) in [5.74, 6) is 1.35. The molecule has 0 fully saturated rings. The van der Waals surface area contributed by atoms with Gasteiger partial charge in [-0.25, -0.2) is 0 Å². The summed E-state index contributed by atoms with van der Waals surface area (Å²) >= 11 is 16.0. The minimum absolute atomic E-state index is 0.467. The summed E-state index contributed by atoms with van der Waals surface area (Å²) in [6.07, 6.45) is 1.88. The molecular weight excluding hydrogens is 371 g/mol. The van der Waals surface area contributed by atoms with Gasteiger partial charge in [0.05, 0.1) is 17.2 Å². The van der Waals surface area contributed by atoms with Crippen molar-refractivity contribution in [2.45, 2.75) is 12.8 Å². The summed E-state index contributed by atoms with van der Waals surface area (Å²) in [6, 6.07) is 14.0. The van der Waals surface area contributed by atoms with Crippen LogP contribution in [0.1, 0.15) is 11.1 Å². The SMILES string of the molecule is COc1ccc(CC(CBr)Cc2cccc(Cl)c2Cl)cc1. The molecule has 0 heterocycles. The van der Waals surface area contributed by atoms with E-state index in [0.29, 0.717) is 16.0 Å². The van der Waals surface area contributed by atoms with Crippen molar-refractivity contribution in [3.05, 3.63) is 63.6 Å². The van der Waals surface area contributed by atoms with Crippen LogP contribution in [-0.2, 0) is 12.8 Å². The number of alkyl halides is 1. The van der Waals surface area contributed by atoms with Crippen LogP contribution in [0.5, 0.6) is 5.75 Å². The van der Waals surface area contributed by atoms with E-state index in [1.807, 2.05) is 30.3 Å². The molecule has 0 amide bonds. The van der Waals surface area contributed by atoms with E-state index < -0.39 is 0 Å². The highest BCUT2D eigenvalue weighted by Crippen LogP contribution is 2.28. The van der Waals surface area contributed by atoms with Gasteiger partial charge in [0, 0.05) is 5.33 Å². The van der Waals surface area contributed by atoms with Crippen LogP contribution in [0.4, 0.5) is 0 Å². The Kier molecular flexibility index (Phi) is 6.40. The van der Waals surface area contributed by atoms with Gasteiger partial charge in [0.25, 0.3) is 0 Å². The minimum Gasteiger partial charge on any atom is -0.497 e. The summed E-state index contributed by atoms with van der Waals surface area (Å²) in [4.78, 5) is 0. The summed E-state index contributed by atoms with van der Waals surface area (Å²) < 4.78 is 5.18. The predicted octanol–water partition coefficient (Wildman–Crippen LogP) is 5.80. The van der Waals surface area contributed by atoms with Crippen molar-refractivity contribution in [3.63, 3.8) is 0 Å². The number of hydrogen-bond donors (Lipinski definition) is 0. The van der Waals surface area contributed by atoms with E-state index in [0.717, 1.165) is 29.5 Å². The van der Waals surface area contributed by atoms with Crippen LogP contribution in [0, 0.1) is 5.92 Å². The van der Waals surface area contributed by atoms with Crippen LogP contribution in [0.15, 0.2) is 42.5 Å². The molecule has 1 nitrogen and oxygen atoms in total. The molecule has 21 heavy (non-hydrogen) atoms. The first-order valence-electron chi connectivity index (χ1n) is 6.75. The van der Waals surface area contributed by atoms with Crippen molar-refractivity contribution in [1.29, 1.82) is 0 Å². The molecule has 0 aliphatic heterocycles. The molecule has 4 heteroatoms. The number of benzene rings is 2. The Labute approximate surface area is 144 Å². The fraction of sp³-hybridized carbons (Fsp3) is 0.294. The first-order valence-corrected chi connectivity index (χ1v) is 8.63. The average molecular weight is 388 g/mol. The van der Waals surface area contributed by atoms with Gasteiger partial charge in [-0.1, -0.05) is 63.4 Å². The molecule has 1 atom stereocenters. The van der Waals surface area contributed by atoms with Crippen LogP contribution < -0.4 is 4.74 Å². The monoisotopic (exact) mass is 386 g/mol. The van der Waals surface area contributed by atoms with E-state index >= 15 is 0 Å². The highest BCUT2D eigenvalue weighted by Gasteiger charge is 2.13. The van der Waals surface area contributed by atoms with Crippen LogP contribution in [0.3, 0.4) is 0 Å². The Morgan fingerprint density at radius 3 is 2.38 bits per heavy atom. The minimum atomic E-state index is 0.467. The van der Waals surface area contributed by atoms with Gasteiger partial charge in [0.2, 0.25) is 0 Å². The number of methoxy groups -OCH3 is 1. The molecule has 2 aromatic rings. The number of hydrogen-bond acceptors (Lipinski definition) is 1. The summed E-state index contributed by atoms with van der Waals surface area (Å²) in [7, 11) is 1.68. The maximum absolute atomic E-state index is 6.27. The van der Waals surface area contributed by atoms with Crippen LogP contribution >= 0.6 is 39.1 Å². The Balaban J connectivity index is 2.07. The topological polar surface area (TPSA) is 9.23 Å². The number of ether oxygens (including phenoxy) is 1. The fourth-order valence-electron chi connectivity index (χ4n) is 2.29. The van der Waals surface area contributed by atoms with E-state index in [1.165, 1.54) is 5.56 Å². The third kappa shape index (κ3) is 4.64. The largest absolute Gasteiger partial charge is 0.497 e. The van der Waals surface area contributed by atoms with Gasteiger partial charge in [-0.05, 0) is 48.1 Å². The molecule has 1 unspecified atom stereocenters. The molecule has 112 valence electrons. The molecular formula is C17H17BrCl2O. The molecule has 0 aromatic heterocycles. The lowest BCUT2D eigenvalue weighted by Gasteiger charge is -2.16. The van der Waals surface area contributed by atoms with Crippen molar-refractivity contribution in [2.24, 2.45) is 5.92 Å². The highest BCUT2D eigenvalue weighted by atomic mass is 79.9. The van der Waals surface area contributed by atoms with E-state index in [2.05, 4.69) is 28.1 Å². The molecule has 2 aromatic carbocycles. The maximum atomic E-state index is 6.27. The quantitative estimate of drug-likeness (QED) is 0.569. The highest BCUT2D eigenvalue weighted by molar-refractivity contribution is 9.09. The van der Waals surface area contributed by atoms with Crippen molar-refractivity contribution in [2.75, 3.05) is 12.4 Å². The zero-order valence-electron chi connectivity index (χ0n) is 11.8. The smallest absolute Gasteiger partial charge is 0.118 e. The first-order chi connectivity index (χ1) is 10.1.